The number of hydrogen-bond donors (Lipinski definition) is 4. The molecule has 28 heavy (non-hydrogen) atoms. The molecule has 1 aromatic carbocycles. The number of ether oxygens (including phenoxy) is 1. The van der Waals surface area contributed by atoms with E-state index < -0.39 is 12.0 Å². The molecule has 0 radical (unpaired) electrons. The van der Waals surface area contributed by atoms with Crippen LogP contribution in [0, 0.1) is 11.3 Å². The minimum atomic E-state index is -0.986. The molecule has 1 atom stereocenters. The average Bonchev–Trinajstić information content (AvgIpc) is 2.62. The van der Waals surface area contributed by atoms with Gasteiger partial charge in [-0.25, -0.2) is 14.9 Å². The number of benzene rings is 1. The van der Waals surface area contributed by atoms with Gasteiger partial charge < -0.3 is 20.5 Å². The molecule has 0 spiro atoms. The van der Waals surface area contributed by atoms with Crippen LogP contribution in [0.4, 0.5) is 10.1 Å². The summed E-state index contributed by atoms with van der Waals surface area (Å²) in [4.78, 5) is 4.18. The van der Waals surface area contributed by atoms with E-state index in [1.165, 1.54) is 6.07 Å². The Balaban J connectivity index is 1.54. The Morgan fingerprint density at radius 1 is 1.50 bits per heavy atom. The smallest absolute Gasteiger partial charge is 0.225 e. The third-order valence-electron chi connectivity index (χ3n) is 4.92. The van der Waals surface area contributed by atoms with Gasteiger partial charge in [-0.05, 0) is 56.4 Å². The highest BCUT2D eigenvalue weighted by Crippen LogP contribution is 2.38. The fraction of sp³-hybridized carbons (Fsp3) is 0.450. The summed E-state index contributed by atoms with van der Waals surface area (Å²) in [7, 11) is 0. The van der Waals surface area contributed by atoms with Crippen molar-refractivity contribution in [2.75, 3.05) is 11.9 Å². The molecule has 1 aliphatic heterocycles. The van der Waals surface area contributed by atoms with Crippen LogP contribution in [0.5, 0.6) is 0 Å². The van der Waals surface area contributed by atoms with E-state index >= 15 is 0 Å². The Morgan fingerprint density at radius 3 is 2.86 bits per heavy atom. The number of hydrogen-bond acceptors (Lipinski definition) is 7. The lowest BCUT2D eigenvalue weighted by Gasteiger charge is -2.26. The molecule has 8 heteroatoms. The second kappa shape index (κ2) is 8.62. The zero-order chi connectivity index (χ0) is 20.1. The maximum Gasteiger partial charge on any atom is 0.225 e. The first kappa shape index (κ1) is 20.2. The molecule has 1 saturated carbocycles. The summed E-state index contributed by atoms with van der Waals surface area (Å²) in [5.74, 6) is 0.124. The van der Waals surface area contributed by atoms with Crippen LogP contribution < -0.4 is 10.6 Å². The lowest BCUT2D eigenvalue weighted by molar-refractivity contribution is 0.0575. The lowest BCUT2D eigenvalue weighted by atomic mass is 9.80. The zero-order valence-electron chi connectivity index (χ0n) is 16.1. The zero-order valence-corrected chi connectivity index (χ0v) is 16.1. The monoisotopic (exact) mass is 387 g/mol. The summed E-state index contributed by atoms with van der Waals surface area (Å²) in [5, 5.41) is 19.4. The van der Waals surface area contributed by atoms with E-state index in [-0.39, 0.29) is 12.4 Å². The molecular weight excluding hydrogens is 361 g/mol. The highest BCUT2D eigenvalue weighted by Gasteiger charge is 2.23. The Bertz CT molecular complexity index is 809. The van der Waals surface area contributed by atoms with Gasteiger partial charge in [0.05, 0.1) is 12.2 Å². The number of nitrogens with one attached hydrogen (secondary N) is 3. The summed E-state index contributed by atoms with van der Waals surface area (Å²) in [5.41, 5.74) is 8.82. The van der Waals surface area contributed by atoms with Crippen molar-refractivity contribution in [2.24, 2.45) is 10.1 Å². The van der Waals surface area contributed by atoms with Crippen LogP contribution in [0.3, 0.4) is 0 Å². The van der Waals surface area contributed by atoms with Gasteiger partial charge in [-0.15, -0.1) is 0 Å². The summed E-state index contributed by atoms with van der Waals surface area (Å²) in [6.07, 6.45) is 7.35. The van der Waals surface area contributed by atoms with E-state index in [0.29, 0.717) is 17.2 Å². The standard InChI is InChI=1S/C20H26FN5O2/c1-20(2,27)14-9-24-19(25-10-14)28-12-16(26-22)11-23-15-6-7-18(21)17(8-15)13-4-3-5-13/h6-11,13,19,22-24,27H,3-5,12H2,1-2H3/b16-11-,26-22?. The van der Waals surface area contributed by atoms with Gasteiger partial charge in [0, 0.05) is 29.9 Å². The van der Waals surface area contributed by atoms with Crippen LogP contribution >= 0.6 is 0 Å². The van der Waals surface area contributed by atoms with Gasteiger partial charge in [0.25, 0.3) is 0 Å². The van der Waals surface area contributed by atoms with Crippen molar-refractivity contribution in [3.05, 3.63) is 53.2 Å². The van der Waals surface area contributed by atoms with Crippen molar-refractivity contribution in [1.29, 1.82) is 5.53 Å². The van der Waals surface area contributed by atoms with Crippen LogP contribution in [0.25, 0.3) is 0 Å². The third-order valence-corrected chi connectivity index (χ3v) is 4.92. The number of rotatable bonds is 8. The lowest BCUT2D eigenvalue weighted by Crippen LogP contribution is -2.34. The predicted octanol–water partition coefficient (Wildman–Crippen LogP) is 4.01. The van der Waals surface area contributed by atoms with E-state index in [1.54, 1.807) is 38.5 Å². The van der Waals surface area contributed by atoms with Gasteiger partial charge in [-0.2, -0.15) is 5.11 Å². The van der Waals surface area contributed by atoms with Gasteiger partial charge in [0.2, 0.25) is 6.35 Å². The van der Waals surface area contributed by atoms with Crippen LogP contribution in [-0.4, -0.2) is 29.9 Å². The van der Waals surface area contributed by atoms with E-state index in [1.807, 2.05) is 6.07 Å². The van der Waals surface area contributed by atoms with Gasteiger partial charge >= 0.3 is 0 Å². The Kier molecular flexibility index (Phi) is 6.21. The molecule has 0 saturated heterocycles. The van der Waals surface area contributed by atoms with Crippen LogP contribution in [-0.2, 0) is 4.74 Å². The first-order chi connectivity index (χ1) is 13.4. The number of aliphatic hydroxyl groups is 1. The van der Waals surface area contributed by atoms with Gasteiger partial charge in [0.15, 0.2) is 0 Å². The summed E-state index contributed by atoms with van der Waals surface area (Å²) in [6.45, 7) is 3.41. The van der Waals surface area contributed by atoms with Crippen LogP contribution in [0.2, 0.25) is 0 Å². The van der Waals surface area contributed by atoms with E-state index in [0.717, 1.165) is 30.5 Å². The first-order valence-corrected chi connectivity index (χ1v) is 9.33. The fourth-order valence-corrected chi connectivity index (χ4v) is 2.92. The van der Waals surface area contributed by atoms with Crippen molar-refractivity contribution in [2.45, 2.75) is 51.0 Å². The van der Waals surface area contributed by atoms with Crippen molar-refractivity contribution in [1.82, 2.24) is 5.32 Å². The molecule has 3 rings (SSSR count). The Hall–Kier alpha value is -2.58. The molecule has 1 fully saturated rings. The second-order valence-electron chi connectivity index (χ2n) is 7.52. The topological polar surface area (TPSA) is 102 Å². The quantitative estimate of drug-likeness (QED) is 0.506. The second-order valence-corrected chi connectivity index (χ2v) is 7.52. The summed E-state index contributed by atoms with van der Waals surface area (Å²) >= 11 is 0. The highest BCUT2D eigenvalue weighted by molar-refractivity contribution is 5.81. The molecule has 7 nitrogen and oxygen atoms in total. The Labute approximate surface area is 163 Å². The third kappa shape index (κ3) is 5.02. The van der Waals surface area contributed by atoms with Crippen LogP contribution in [0.1, 0.15) is 44.6 Å². The SMILES string of the molecule is CC(C)(O)C1=CNC(OC/C(=C/Nc2ccc(F)c(C3CCC3)c2)N=N)N=C1. The average molecular weight is 387 g/mol. The van der Waals surface area contributed by atoms with E-state index in [2.05, 4.69) is 20.7 Å². The van der Waals surface area contributed by atoms with Crippen LogP contribution in [0.15, 0.2) is 52.0 Å². The molecular formula is C20H26FN5O2. The maximum absolute atomic E-state index is 14.0. The number of halogens is 1. The van der Waals surface area contributed by atoms with E-state index in [4.69, 9.17) is 10.3 Å². The van der Waals surface area contributed by atoms with Crippen molar-refractivity contribution >= 4 is 11.9 Å². The normalized spacial score (nSPS) is 20.2. The minimum Gasteiger partial charge on any atom is -0.386 e. The number of anilines is 1. The fourth-order valence-electron chi connectivity index (χ4n) is 2.92. The van der Waals surface area contributed by atoms with Crippen molar-refractivity contribution < 1.29 is 14.2 Å². The molecule has 0 amide bonds. The molecule has 1 aliphatic carbocycles. The molecule has 1 aromatic rings. The first-order valence-electron chi connectivity index (χ1n) is 9.33. The van der Waals surface area contributed by atoms with Crippen molar-refractivity contribution in [3.63, 3.8) is 0 Å². The van der Waals surface area contributed by atoms with Gasteiger partial charge in [0.1, 0.15) is 11.5 Å². The highest BCUT2D eigenvalue weighted by atomic mass is 19.1. The minimum absolute atomic E-state index is 0.0634. The maximum atomic E-state index is 14.0. The molecule has 4 N–H and O–H groups in total. The predicted molar refractivity (Wildman–Crippen MR) is 106 cm³/mol. The molecule has 2 aliphatic rings. The molecule has 0 aromatic heterocycles. The summed E-state index contributed by atoms with van der Waals surface area (Å²) in [6, 6.07) is 4.94. The largest absolute Gasteiger partial charge is 0.386 e. The molecule has 150 valence electrons. The van der Waals surface area contributed by atoms with Gasteiger partial charge in [-0.1, -0.05) is 6.42 Å². The molecule has 0 bridgehead atoms. The van der Waals surface area contributed by atoms with Crippen molar-refractivity contribution in [3.8, 4) is 0 Å². The molecule has 1 unspecified atom stereocenters. The van der Waals surface area contributed by atoms with Gasteiger partial charge in [-0.3, -0.25) is 0 Å². The molecule has 1 heterocycles. The Morgan fingerprint density at radius 2 is 2.29 bits per heavy atom. The summed E-state index contributed by atoms with van der Waals surface area (Å²) < 4.78 is 19.6. The number of aliphatic imine (C=N–C) groups is 1. The number of nitrogens with zero attached hydrogens (tertiary/aromatic N) is 2. The van der Waals surface area contributed by atoms with E-state index in [9.17, 15) is 9.50 Å².